The Kier molecular flexibility index (Phi) is 7.07. The van der Waals surface area contributed by atoms with Crippen LogP contribution in [0.1, 0.15) is 39.2 Å². The van der Waals surface area contributed by atoms with Gasteiger partial charge < -0.3 is 14.8 Å². The average molecular weight is 397 g/mol. The van der Waals surface area contributed by atoms with Gasteiger partial charge in [-0.2, -0.15) is 0 Å². The highest BCUT2D eigenvalue weighted by atomic mass is 35.5. The van der Waals surface area contributed by atoms with Gasteiger partial charge in [-0.3, -0.25) is 9.69 Å². The molecule has 1 aliphatic heterocycles. The predicted octanol–water partition coefficient (Wildman–Crippen LogP) is 2.90. The van der Waals surface area contributed by atoms with E-state index in [1.807, 2.05) is 6.07 Å². The lowest BCUT2D eigenvalue weighted by Gasteiger charge is -2.27. The largest absolute Gasteiger partial charge is 0.454 e. The van der Waals surface area contributed by atoms with Gasteiger partial charge in [0, 0.05) is 18.1 Å². The Hall–Kier alpha value is -2.28. The highest BCUT2D eigenvalue weighted by molar-refractivity contribution is 6.31. The fourth-order valence-corrected chi connectivity index (χ4v) is 2.87. The third kappa shape index (κ3) is 6.43. The summed E-state index contributed by atoms with van der Waals surface area (Å²) < 4.78 is 10.4. The van der Waals surface area contributed by atoms with Crippen LogP contribution in [0.2, 0.25) is 5.02 Å². The minimum atomic E-state index is -0.726. The van der Waals surface area contributed by atoms with Crippen LogP contribution >= 0.6 is 11.6 Å². The minimum absolute atomic E-state index is 0.240. The van der Waals surface area contributed by atoms with Gasteiger partial charge in [-0.1, -0.05) is 29.8 Å². The molecule has 0 aromatic heterocycles. The number of halogens is 1. The highest BCUT2D eigenvalue weighted by Gasteiger charge is 2.37. The topological polar surface area (TPSA) is 84.9 Å². The molecule has 1 aliphatic rings. The Morgan fingerprint density at radius 1 is 1.26 bits per heavy atom. The Labute approximate surface area is 163 Å². The molecule has 27 heavy (non-hydrogen) atoms. The molecule has 1 fully saturated rings. The lowest BCUT2D eigenvalue weighted by molar-refractivity contribution is -0.152. The molecule has 1 aromatic carbocycles. The minimum Gasteiger partial charge on any atom is -0.454 e. The summed E-state index contributed by atoms with van der Waals surface area (Å²) in [6, 6.07) is 6.42. The monoisotopic (exact) mass is 396 g/mol. The highest BCUT2D eigenvalue weighted by Crippen LogP contribution is 2.21. The SMILES string of the molecule is CC(C)(C)OC(=O)N1CCC[C@H]1C(=O)OCC(=O)NCc1ccccc1Cl. The number of carbonyl (C=O) groups is 3. The maximum absolute atomic E-state index is 12.3. The summed E-state index contributed by atoms with van der Waals surface area (Å²) in [5, 5.41) is 3.19. The van der Waals surface area contributed by atoms with Crippen molar-refractivity contribution >= 4 is 29.6 Å². The van der Waals surface area contributed by atoms with Crippen molar-refractivity contribution in [2.45, 2.75) is 51.8 Å². The van der Waals surface area contributed by atoms with Gasteiger partial charge in [0.15, 0.2) is 6.61 Å². The molecular formula is C19H25ClN2O5. The van der Waals surface area contributed by atoms with E-state index in [0.29, 0.717) is 24.4 Å². The first-order valence-corrected chi connectivity index (χ1v) is 9.21. The molecule has 2 amide bonds. The number of hydrogen-bond donors (Lipinski definition) is 1. The van der Waals surface area contributed by atoms with Crippen molar-refractivity contribution in [2.24, 2.45) is 0 Å². The van der Waals surface area contributed by atoms with Gasteiger partial charge in [0.25, 0.3) is 5.91 Å². The first-order valence-electron chi connectivity index (χ1n) is 8.84. The number of carbonyl (C=O) groups excluding carboxylic acids is 3. The molecule has 1 atom stereocenters. The Morgan fingerprint density at radius 2 is 1.96 bits per heavy atom. The number of likely N-dealkylation sites (tertiary alicyclic amines) is 1. The fraction of sp³-hybridized carbons (Fsp3) is 0.526. The maximum Gasteiger partial charge on any atom is 0.411 e. The molecule has 7 nitrogen and oxygen atoms in total. The zero-order chi connectivity index (χ0) is 20.0. The number of amides is 2. The second kappa shape index (κ2) is 9.08. The second-order valence-corrected chi connectivity index (χ2v) is 7.71. The quantitative estimate of drug-likeness (QED) is 0.773. The van der Waals surface area contributed by atoms with Gasteiger partial charge in [-0.05, 0) is 45.2 Å². The van der Waals surface area contributed by atoms with Crippen LogP contribution in [0.4, 0.5) is 4.79 Å². The van der Waals surface area contributed by atoms with E-state index >= 15 is 0 Å². The number of rotatable bonds is 5. The van der Waals surface area contributed by atoms with Crippen LogP contribution in [-0.2, 0) is 25.6 Å². The first-order chi connectivity index (χ1) is 12.7. The lowest BCUT2D eigenvalue weighted by atomic mass is 10.2. The molecule has 2 rings (SSSR count). The van der Waals surface area contributed by atoms with E-state index in [-0.39, 0.29) is 6.54 Å². The van der Waals surface area contributed by atoms with Crippen molar-refractivity contribution in [3.63, 3.8) is 0 Å². The summed E-state index contributed by atoms with van der Waals surface area (Å²) in [5.74, 6) is -1.05. The van der Waals surface area contributed by atoms with Crippen molar-refractivity contribution < 1.29 is 23.9 Å². The van der Waals surface area contributed by atoms with Gasteiger partial charge in [0.2, 0.25) is 0 Å². The molecule has 0 aliphatic carbocycles. The zero-order valence-electron chi connectivity index (χ0n) is 15.8. The average Bonchev–Trinajstić information content (AvgIpc) is 3.07. The number of nitrogens with one attached hydrogen (secondary N) is 1. The van der Waals surface area contributed by atoms with Gasteiger partial charge >= 0.3 is 12.1 Å². The first kappa shape index (κ1) is 21.0. The fourth-order valence-electron chi connectivity index (χ4n) is 2.67. The molecule has 8 heteroatoms. The molecule has 0 spiro atoms. The second-order valence-electron chi connectivity index (χ2n) is 7.31. The van der Waals surface area contributed by atoms with Gasteiger partial charge in [0.05, 0.1) is 0 Å². The van der Waals surface area contributed by atoms with Gasteiger partial charge in [-0.15, -0.1) is 0 Å². The van der Waals surface area contributed by atoms with Crippen LogP contribution in [0.3, 0.4) is 0 Å². The van der Waals surface area contributed by atoms with Crippen LogP contribution in [0.25, 0.3) is 0 Å². The molecular weight excluding hydrogens is 372 g/mol. The van der Waals surface area contributed by atoms with Crippen LogP contribution in [-0.4, -0.2) is 47.7 Å². The summed E-state index contributed by atoms with van der Waals surface area (Å²) in [4.78, 5) is 37.8. The van der Waals surface area contributed by atoms with E-state index in [2.05, 4.69) is 5.32 Å². The molecule has 0 saturated carbocycles. The van der Waals surface area contributed by atoms with Crippen LogP contribution in [0, 0.1) is 0 Å². The number of benzene rings is 1. The molecule has 1 N–H and O–H groups in total. The van der Waals surface area contributed by atoms with Crippen molar-refractivity contribution in [1.82, 2.24) is 10.2 Å². The van der Waals surface area contributed by atoms with Crippen molar-refractivity contribution in [3.8, 4) is 0 Å². The van der Waals surface area contributed by atoms with E-state index < -0.39 is 36.2 Å². The Morgan fingerprint density at radius 3 is 2.63 bits per heavy atom. The molecule has 148 valence electrons. The van der Waals surface area contributed by atoms with E-state index in [4.69, 9.17) is 21.1 Å². The molecule has 1 saturated heterocycles. The summed E-state index contributed by atoms with van der Waals surface area (Å²) in [6.45, 7) is 5.53. The molecule has 0 bridgehead atoms. The lowest BCUT2D eigenvalue weighted by Crippen LogP contribution is -2.44. The maximum atomic E-state index is 12.3. The van der Waals surface area contributed by atoms with Gasteiger partial charge in [-0.25, -0.2) is 9.59 Å². The number of ether oxygens (including phenoxy) is 2. The Balaban J connectivity index is 1.81. The predicted molar refractivity (Wildman–Crippen MR) is 100 cm³/mol. The van der Waals surface area contributed by atoms with E-state index in [9.17, 15) is 14.4 Å². The summed E-state index contributed by atoms with van der Waals surface area (Å²) in [6.07, 6.45) is 0.613. The third-order valence-corrected chi connectivity index (χ3v) is 4.30. The van der Waals surface area contributed by atoms with Crippen molar-refractivity contribution in [1.29, 1.82) is 0 Å². The molecule has 1 heterocycles. The number of hydrogen-bond acceptors (Lipinski definition) is 5. The van der Waals surface area contributed by atoms with Crippen LogP contribution in [0.15, 0.2) is 24.3 Å². The van der Waals surface area contributed by atoms with Gasteiger partial charge in [0.1, 0.15) is 11.6 Å². The number of esters is 1. The summed E-state index contributed by atoms with van der Waals surface area (Å²) in [7, 11) is 0. The van der Waals surface area contributed by atoms with E-state index in [1.54, 1.807) is 39.0 Å². The standard InChI is InChI=1S/C19H25ClN2O5/c1-19(2,3)27-18(25)22-10-6-9-15(22)17(24)26-12-16(23)21-11-13-7-4-5-8-14(13)20/h4-5,7-8,15H,6,9-12H2,1-3H3,(H,21,23)/t15-/m0/s1. The smallest absolute Gasteiger partial charge is 0.411 e. The van der Waals surface area contributed by atoms with Crippen LogP contribution in [0.5, 0.6) is 0 Å². The summed E-state index contributed by atoms with van der Waals surface area (Å²) in [5.41, 5.74) is 0.123. The van der Waals surface area contributed by atoms with Crippen LogP contribution < -0.4 is 5.32 Å². The van der Waals surface area contributed by atoms with E-state index in [0.717, 1.165) is 5.56 Å². The molecule has 0 radical (unpaired) electrons. The third-order valence-electron chi connectivity index (χ3n) is 3.93. The van der Waals surface area contributed by atoms with Crippen molar-refractivity contribution in [3.05, 3.63) is 34.9 Å². The summed E-state index contributed by atoms with van der Waals surface area (Å²) >= 11 is 6.03. The normalized spacial score (nSPS) is 16.7. The van der Waals surface area contributed by atoms with E-state index in [1.165, 1.54) is 4.90 Å². The molecule has 0 unspecified atom stereocenters. The molecule has 1 aromatic rings. The van der Waals surface area contributed by atoms with Crippen molar-refractivity contribution in [2.75, 3.05) is 13.2 Å². The zero-order valence-corrected chi connectivity index (χ0v) is 16.5. The number of nitrogens with zero attached hydrogens (tertiary/aromatic N) is 1. The Bertz CT molecular complexity index is 702.